The summed E-state index contributed by atoms with van der Waals surface area (Å²) in [6.07, 6.45) is 4.93. The summed E-state index contributed by atoms with van der Waals surface area (Å²) in [5, 5.41) is 10.1. The molecule has 0 atom stereocenters. The molecule has 0 saturated heterocycles. The molecular formula is C15H25N3O3. The van der Waals surface area contributed by atoms with E-state index in [0.717, 1.165) is 28.4 Å². The molecule has 1 aromatic rings. The molecule has 0 aromatic carbocycles. The third-order valence-electron chi connectivity index (χ3n) is 3.57. The van der Waals surface area contributed by atoms with Crippen LogP contribution < -0.4 is 11.2 Å². The fraction of sp³-hybridized carbons (Fsp3) is 0.667. The summed E-state index contributed by atoms with van der Waals surface area (Å²) in [4.78, 5) is 28.4. The first-order valence-electron chi connectivity index (χ1n) is 7.48. The molecule has 1 heterocycles. The Hall–Kier alpha value is -1.85. The monoisotopic (exact) mass is 295 g/mol. The summed E-state index contributed by atoms with van der Waals surface area (Å²) in [6, 6.07) is 0. The lowest BCUT2D eigenvalue weighted by atomic mass is 10.1. The lowest BCUT2D eigenvalue weighted by Crippen LogP contribution is -2.40. The van der Waals surface area contributed by atoms with Crippen LogP contribution in [0.1, 0.15) is 51.5 Å². The minimum atomic E-state index is -0.542. The molecule has 0 spiro atoms. The van der Waals surface area contributed by atoms with Crippen molar-refractivity contribution in [3.8, 4) is 5.88 Å². The zero-order valence-corrected chi connectivity index (χ0v) is 13.3. The molecule has 0 aliphatic heterocycles. The zero-order chi connectivity index (χ0) is 16.0. The molecule has 0 saturated carbocycles. The van der Waals surface area contributed by atoms with Gasteiger partial charge in [-0.1, -0.05) is 33.1 Å². The van der Waals surface area contributed by atoms with Crippen molar-refractivity contribution in [2.45, 2.75) is 46.0 Å². The van der Waals surface area contributed by atoms with Crippen LogP contribution in [0.2, 0.25) is 0 Å². The van der Waals surface area contributed by atoms with Gasteiger partial charge in [0, 0.05) is 20.6 Å². The smallest absolute Gasteiger partial charge is 0.333 e. The van der Waals surface area contributed by atoms with Gasteiger partial charge in [0.15, 0.2) is 0 Å². The van der Waals surface area contributed by atoms with E-state index in [-0.39, 0.29) is 11.4 Å². The van der Waals surface area contributed by atoms with Gasteiger partial charge in [-0.3, -0.25) is 18.9 Å². The molecule has 1 N–H and O–H groups in total. The topological polar surface area (TPSA) is 76.6 Å². The van der Waals surface area contributed by atoms with Crippen molar-refractivity contribution in [2.24, 2.45) is 19.1 Å². The molecule has 21 heavy (non-hydrogen) atoms. The third kappa shape index (κ3) is 3.83. The molecule has 0 aliphatic rings. The normalized spacial score (nSPS) is 11.9. The van der Waals surface area contributed by atoms with Crippen LogP contribution in [-0.2, 0) is 14.1 Å². The number of rotatable bonds is 7. The fourth-order valence-electron chi connectivity index (χ4n) is 2.21. The van der Waals surface area contributed by atoms with E-state index in [9.17, 15) is 14.7 Å². The first kappa shape index (κ1) is 17.2. The number of aromatic nitrogens is 2. The third-order valence-corrected chi connectivity index (χ3v) is 3.57. The molecule has 0 radical (unpaired) electrons. The summed E-state index contributed by atoms with van der Waals surface area (Å²) >= 11 is 0. The molecule has 118 valence electrons. The highest BCUT2D eigenvalue weighted by Crippen LogP contribution is 2.12. The second kappa shape index (κ2) is 7.81. The van der Waals surface area contributed by atoms with Gasteiger partial charge in [-0.05, 0) is 12.8 Å². The average molecular weight is 295 g/mol. The highest BCUT2D eigenvalue weighted by atomic mass is 16.3. The second-order valence-electron chi connectivity index (χ2n) is 5.15. The van der Waals surface area contributed by atoms with Crippen LogP contribution in [0.25, 0.3) is 0 Å². The maximum atomic E-state index is 12.2. The largest absolute Gasteiger partial charge is 0.494 e. The minimum absolute atomic E-state index is 0.137. The Balaban J connectivity index is 3.15. The van der Waals surface area contributed by atoms with Crippen molar-refractivity contribution in [1.82, 2.24) is 9.13 Å². The van der Waals surface area contributed by atoms with Crippen molar-refractivity contribution in [1.29, 1.82) is 0 Å². The SMILES string of the molecule is CCCCCCN=C(CC)c1c(O)n(C)c(=O)n(C)c1=O. The summed E-state index contributed by atoms with van der Waals surface area (Å²) < 4.78 is 2.07. The molecule has 0 aliphatic carbocycles. The molecule has 1 aromatic heterocycles. The van der Waals surface area contributed by atoms with Crippen LogP contribution >= 0.6 is 0 Å². The summed E-state index contributed by atoms with van der Waals surface area (Å²) in [5.41, 5.74) is -0.345. The van der Waals surface area contributed by atoms with Gasteiger partial charge in [0.2, 0.25) is 5.88 Å². The number of aromatic hydroxyl groups is 1. The first-order valence-corrected chi connectivity index (χ1v) is 7.48. The van der Waals surface area contributed by atoms with Crippen molar-refractivity contribution in [2.75, 3.05) is 6.54 Å². The molecule has 0 fully saturated rings. The lowest BCUT2D eigenvalue weighted by Gasteiger charge is -2.11. The van der Waals surface area contributed by atoms with E-state index in [1.54, 1.807) is 0 Å². The molecule has 0 amide bonds. The lowest BCUT2D eigenvalue weighted by molar-refractivity contribution is 0.410. The maximum absolute atomic E-state index is 12.2. The number of nitrogens with zero attached hydrogens (tertiary/aromatic N) is 3. The first-order chi connectivity index (χ1) is 9.95. The van der Waals surface area contributed by atoms with Gasteiger partial charge in [0.25, 0.3) is 5.56 Å². The maximum Gasteiger partial charge on any atom is 0.333 e. The van der Waals surface area contributed by atoms with Crippen LogP contribution in [0.15, 0.2) is 14.6 Å². The van der Waals surface area contributed by atoms with Crippen molar-refractivity contribution < 1.29 is 5.11 Å². The highest BCUT2D eigenvalue weighted by molar-refractivity contribution is 6.01. The Bertz CT molecular complexity index is 626. The summed E-state index contributed by atoms with van der Waals surface area (Å²) in [5.74, 6) is -0.308. The summed E-state index contributed by atoms with van der Waals surface area (Å²) in [7, 11) is 2.84. The van der Waals surface area contributed by atoms with Gasteiger partial charge in [-0.25, -0.2) is 4.79 Å². The number of hydrogen-bond donors (Lipinski definition) is 1. The van der Waals surface area contributed by atoms with E-state index in [1.807, 2.05) is 6.92 Å². The van der Waals surface area contributed by atoms with Crippen molar-refractivity contribution in [3.63, 3.8) is 0 Å². The van der Waals surface area contributed by atoms with E-state index in [1.165, 1.54) is 20.5 Å². The van der Waals surface area contributed by atoms with E-state index >= 15 is 0 Å². The molecule has 6 nitrogen and oxygen atoms in total. The van der Waals surface area contributed by atoms with Gasteiger partial charge < -0.3 is 5.11 Å². The Morgan fingerprint density at radius 3 is 2.33 bits per heavy atom. The highest BCUT2D eigenvalue weighted by Gasteiger charge is 2.18. The zero-order valence-electron chi connectivity index (χ0n) is 13.3. The van der Waals surface area contributed by atoms with Crippen molar-refractivity contribution in [3.05, 3.63) is 26.4 Å². The predicted molar refractivity (Wildman–Crippen MR) is 84.4 cm³/mol. The van der Waals surface area contributed by atoms with Gasteiger partial charge in [0.1, 0.15) is 5.56 Å². The van der Waals surface area contributed by atoms with Gasteiger partial charge in [-0.2, -0.15) is 0 Å². The molecule has 0 bridgehead atoms. The standard InChI is InChI=1S/C15H25N3O3/c1-5-7-8-9-10-16-11(6-2)12-13(19)17(3)15(21)18(4)14(12)20/h19H,5-10H2,1-4H3. The van der Waals surface area contributed by atoms with Crippen LogP contribution in [-0.4, -0.2) is 26.5 Å². The van der Waals surface area contributed by atoms with Gasteiger partial charge in [0.05, 0.1) is 5.71 Å². The molecule has 6 heteroatoms. The Kier molecular flexibility index (Phi) is 6.39. The van der Waals surface area contributed by atoms with Crippen LogP contribution in [0.5, 0.6) is 5.88 Å². The number of hydrogen-bond acceptors (Lipinski definition) is 4. The fourth-order valence-corrected chi connectivity index (χ4v) is 2.21. The van der Waals surface area contributed by atoms with Crippen LogP contribution in [0.3, 0.4) is 0 Å². The molecular weight excluding hydrogens is 270 g/mol. The van der Waals surface area contributed by atoms with Gasteiger partial charge >= 0.3 is 5.69 Å². The van der Waals surface area contributed by atoms with E-state index in [4.69, 9.17) is 0 Å². The Morgan fingerprint density at radius 1 is 1.10 bits per heavy atom. The van der Waals surface area contributed by atoms with Crippen LogP contribution in [0, 0.1) is 0 Å². The van der Waals surface area contributed by atoms with E-state index in [2.05, 4.69) is 11.9 Å². The summed E-state index contributed by atoms with van der Waals surface area (Å²) in [6.45, 7) is 4.66. The number of unbranched alkanes of at least 4 members (excludes halogenated alkanes) is 3. The predicted octanol–water partition coefficient (Wildman–Crippen LogP) is 1.57. The van der Waals surface area contributed by atoms with E-state index in [0.29, 0.717) is 18.7 Å². The second-order valence-corrected chi connectivity index (χ2v) is 5.15. The quantitative estimate of drug-likeness (QED) is 0.612. The van der Waals surface area contributed by atoms with Crippen molar-refractivity contribution >= 4 is 5.71 Å². The van der Waals surface area contributed by atoms with Crippen LogP contribution in [0.4, 0.5) is 0 Å². The Morgan fingerprint density at radius 2 is 1.76 bits per heavy atom. The number of aliphatic imine (C=N–C) groups is 1. The minimum Gasteiger partial charge on any atom is -0.494 e. The average Bonchev–Trinajstić information content (AvgIpc) is 2.49. The molecule has 1 rings (SSSR count). The van der Waals surface area contributed by atoms with Gasteiger partial charge in [-0.15, -0.1) is 0 Å². The Labute approximate surface area is 124 Å². The molecule has 0 unspecified atom stereocenters. The van der Waals surface area contributed by atoms with E-state index < -0.39 is 11.2 Å².